The van der Waals surface area contributed by atoms with E-state index in [0.717, 1.165) is 29.7 Å². The summed E-state index contributed by atoms with van der Waals surface area (Å²) >= 11 is 0. The Hall–Kier alpha value is -1.55. The molecule has 2 aliphatic heterocycles. The molecule has 3 atom stereocenters. The third-order valence-corrected chi connectivity index (χ3v) is 4.53. The SMILES string of the molecule is Cc1ccc(NC(=O)C2CC3CCC2N3)c(C)c1O. The normalized spacial score (nSPS) is 28.6. The number of benzene rings is 1. The van der Waals surface area contributed by atoms with Crippen LogP contribution in [0.4, 0.5) is 5.69 Å². The molecule has 2 bridgehead atoms. The predicted octanol–water partition coefficient (Wildman–Crippen LogP) is 2.09. The van der Waals surface area contributed by atoms with Gasteiger partial charge >= 0.3 is 0 Å². The predicted molar refractivity (Wildman–Crippen MR) is 74.3 cm³/mol. The van der Waals surface area contributed by atoms with Gasteiger partial charge in [-0.15, -0.1) is 0 Å². The monoisotopic (exact) mass is 260 g/mol. The van der Waals surface area contributed by atoms with Crippen molar-refractivity contribution in [3.63, 3.8) is 0 Å². The van der Waals surface area contributed by atoms with Crippen molar-refractivity contribution in [3.8, 4) is 5.75 Å². The first kappa shape index (κ1) is 12.5. The zero-order chi connectivity index (χ0) is 13.6. The quantitative estimate of drug-likeness (QED) is 0.763. The maximum Gasteiger partial charge on any atom is 0.229 e. The molecule has 2 saturated heterocycles. The number of amides is 1. The smallest absolute Gasteiger partial charge is 0.229 e. The summed E-state index contributed by atoms with van der Waals surface area (Å²) < 4.78 is 0. The van der Waals surface area contributed by atoms with Crippen molar-refractivity contribution < 1.29 is 9.90 Å². The molecule has 0 aromatic heterocycles. The van der Waals surface area contributed by atoms with Gasteiger partial charge in [0.1, 0.15) is 5.75 Å². The number of carbonyl (C=O) groups excluding carboxylic acids is 1. The van der Waals surface area contributed by atoms with E-state index in [4.69, 9.17) is 0 Å². The van der Waals surface area contributed by atoms with Crippen LogP contribution in [0, 0.1) is 19.8 Å². The van der Waals surface area contributed by atoms with Crippen molar-refractivity contribution >= 4 is 11.6 Å². The number of nitrogens with one attached hydrogen (secondary N) is 2. The van der Waals surface area contributed by atoms with Gasteiger partial charge in [0.15, 0.2) is 0 Å². The third-order valence-electron chi connectivity index (χ3n) is 4.53. The third kappa shape index (κ3) is 2.10. The highest BCUT2D eigenvalue weighted by molar-refractivity contribution is 5.94. The molecule has 2 heterocycles. The number of fused-ring (bicyclic) bond motifs is 2. The number of aromatic hydroxyl groups is 1. The fourth-order valence-electron chi connectivity index (χ4n) is 3.31. The maximum atomic E-state index is 12.3. The van der Waals surface area contributed by atoms with Crippen molar-refractivity contribution in [2.75, 3.05) is 5.32 Å². The van der Waals surface area contributed by atoms with E-state index in [1.165, 1.54) is 6.42 Å². The Morgan fingerprint density at radius 3 is 2.79 bits per heavy atom. The van der Waals surface area contributed by atoms with Crippen LogP contribution in [0.3, 0.4) is 0 Å². The largest absolute Gasteiger partial charge is 0.507 e. The molecule has 4 nitrogen and oxygen atoms in total. The number of rotatable bonds is 2. The molecular formula is C15H20N2O2. The number of carbonyl (C=O) groups is 1. The van der Waals surface area contributed by atoms with E-state index in [0.29, 0.717) is 12.1 Å². The van der Waals surface area contributed by atoms with Crippen molar-refractivity contribution in [2.45, 2.75) is 45.2 Å². The van der Waals surface area contributed by atoms with Gasteiger partial charge in [-0.05, 0) is 44.7 Å². The molecule has 1 aromatic rings. The van der Waals surface area contributed by atoms with Crippen molar-refractivity contribution in [1.82, 2.24) is 5.32 Å². The number of phenolic OH excluding ortho intramolecular Hbond substituents is 1. The molecule has 2 aliphatic rings. The van der Waals surface area contributed by atoms with Gasteiger partial charge in [-0.25, -0.2) is 0 Å². The first-order valence-corrected chi connectivity index (χ1v) is 6.92. The Morgan fingerprint density at radius 1 is 1.37 bits per heavy atom. The van der Waals surface area contributed by atoms with Gasteiger partial charge in [-0.1, -0.05) is 6.07 Å². The lowest BCUT2D eigenvalue weighted by atomic mass is 9.88. The average molecular weight is 260 g/mol. The van der Waals surface area contributed by atoms with Gasteiger partial charge in [-0.2, -0.15) is 0 Å². The van der Waals surface area contributed by atoms with E-state index in [1.807, 2.05) is 26.0 Å². The van der Waals surface area contributed by atoms with Crippen LogP contribution in [0.1, 0.15) is 30.4 Å². The number of anilines is 1. The van der Waals surface area contributed by atoms with Gasteiger partial charge in [0.05, 0.1) is 5.92 Å². The number of hydrogen-bond acceptors (Lipinski definition) is 3. The minimum Gasteiger partial charge on any atom is -0.507 e. The summed E-state index contributed by atoms with van der Waals surface area (Å²) in [4.78, 5) is 12.3. The summed E-state index contributed by atoms with van der Waals surface area (Å²) in [5, 5.41) is 16.3. The van der Waals surface area contributed by atoms with Gasteiger partial charge < -0.3 is 15.7 Å². The zero-order valence-corrected chi connectivity index (χ0v) is 11.4. The second kappa shape index (κ2) is 4.53. The van der Waals surface area contributed by atoms with Crippen LogP contribution in [0.15, 0.2) is 12.1 Å². The Bertz CT molecular complexity index is 527. The fraction of sp³-hybridized carbons (Fsp3) is 0.533. The average Bonchev–Trinajstić information content (AvgIpc) is 3.02. The highest BCUT2D eigenvalue weighted by Gasteiger charge is 2.42. The minimum absolute atomic E-state index is 0.0709. The first-order valence-electron chi connectivity index (χ1n) is 6.92. The molecule has 1 amide bonds. The number of aryl methyl sites for hydroxylation is 1. The zero-order valence-electron chi connectivity index (χ0n) is 11.4. The lowest BCUT2D eigenvalue weighted by molar-refractivity contribution is -0.120. The van der Waals surface area contributed by atoms with Gasteiger partial charge in [-0.3, -0.25) is 4.79 Å². The van der Waals surface area contributed by atoms with Crippen LogP contribution < -0.4 is 10.6 Å². The summed E-state index contributed by atoms with van der Waals surface area (Å²) in [6.07, 6.45) is 3.23. The number of phenols is 1. The Kier molecular flexibility index (Phi) is 2.97. The van der Waals surface area contributed by atoms with Crippen molar-refractivity contribution in [3.05, 3.63) is 23.3 Å². The number of hydrogen-bond donors (Lipinski definition) is 3. The topological polar surface area (TPSA) is 61.4 Å². The Labute approximate surface area is 113 Å². The minimum atomic E-state index is 0.0709. The van der Waals surface area contributed by atoms with E-state index >= 15 is 0 Å². The van der Waals surface area contributed by atoms with Crippen LogP contribution in [-0.2, 0) is 4.79 Å². The second-order valence-corrected chi connectivity index (χ2v) is 5.78. The molecule has 0 radical (unpaired) electrons. The second-order valence-electron chi connectivity index (χ2n) is 5.78. The molecule has 19 heavy (non-hydrogen) atoms. The summed E-state index contributed by atoms with van der Waals surface area (Å²) in [6, 6.07) is 4.55. The highest BCUT2D eigenvalue weighted by Crippen LogP contribution is 2.35. The standard InChI is InChI=1S/C15H20N2O2/c1-8-3-5-12(9(2)14(8)18)17-15(19)11-7-10-4-6-13(11)16-10/h3,5,10-11,13,16,18H,4,6-7H2,1-2H3,(H,17,19). The molecule has 3 rings (SSSR count). The van der Waals surface area contributed by atoms with Crippen LogP contribution in [0.25, 0.3) is 0 Å². The van der Waals surface area contributed by atoms with E-state index in [9.17, 15) is 9.90 Å². The summed E-state index contributed by atoms with van der Waals surface area (Å²) in [7, 11) is 0. The van der Waals surface area contributed by atoms with Crippen LogP contribution in [0.5, 0.6) is 5.75 Å². The van der Waals surface area contributed by atoms with Crippen LogP contribution >= 0.6 is 0 Å². The lowest BCUT2D eigenvalue weighted by Gasteiger charge is -2.20. The van der Waals surface area contributed by atoms with E-state index in [1.54, 1.807) is 0 Å². The molecule has 4 heteroatoms. The molecular weight excluding hydrogens is 240 g/mol. The molecule has 2 fully saturated rings. The molecule has 0 aliphatic carbocycles. The summed E-state index contributed by atoms with van der Waals surface area (Å²) in [5.74, 6) is 0.413. The molecule has 1 aromatic carbocycles. The lowest BCUT2D eigenvalue weighted by Crippen LogP contribution is -2.33. The Morgan fingerprint density at radius 2 is 2.16 bits per heavy atom. The van der Waals surface area contributed by atoms with Gasteiger partial charge in [0, 0.05) is 23.3 Å². The van der Waals surface area contributed by atoms with Gasteiger partial charge in [0.25, 0.3) is 0 Å². The summed E-state index contributed by atoms with van der Waals surface area (Å²) in [6.45, 7) is 3.69. The van der Waals surface area contributed by atoms with Crippen molar-refractivity contribution in [2.24, 2.45) is 5.92 Å². The van der Waals surface area contributed by atoms with Crippen LogP contribution in [-0.4, -0.2) is 23.1 Å². The van der Waals surface area contributed by atoms with Crippen molar-refractivity contribution in [1.29, 1.82) is 0 Å². The fourth-order valence-corrected chi connectivity index (χ4v) is 3.31. The Balaban J connectivity index is 1.75. The molecule has 0 spiro atoms. The molecule has 3 unspecified atom stereocenters. The highest BCUT2D eigenvalue weighted by atomic mass is 16.3. The van der Waals surface area contributed by atoms with Crippen LogP contribution in [0.2, 0.25) is 0 Å². The summed E-state index contributed by atoms with van der Waals surface area (Å²) in [5.41, 5.74) is 2.29. The first-order chi connectivity index (χ1) is 9.06. The van der Waals surface area contributed by atoms with E-state index in [-0.39, 0.29) is 17.6 Å². The molecule has 3 N–H and O–H groups in total. The molecule has 0 saturated carbocycles. The molecule has 102 valence electrons. The van der Waals surface area contributed by atoms with E-state index < -0.39 is 0 Å². The van der Waals surface area contributed by atoms with Gasteiger partial charge in [0.2, 0.25) is 5.91 Å². The van der Waals surface area contributed by atoms with E-state index in [2.05, 4.69) is 10.6 Å². The maximum absolute atomic E-state index is 12.3.